The number of carbonyl (C=O) groups is 1. The number of urea groups is 1. The summed E-state index contributed by atoms with van der Waals surface area (Å²) in [4.78, 5) is 16.6. The van der Waals surface area contributed by atoms with Gasteiger partial charge in [0.05, 0.1) is 12.4 Å². The third-order valence-electron chi connectivity index (χ3n) is 4.01. The first-order chi connectivity index (χ1) is 12.1. The van der Waals surface area contributed by atoms with E-state index in [1.807, 2.05) is 37.3 Å². The maximum Gasteiger partial charge on any atom is 0.323 e. The molecule has 6 heteroatoms. The molecule has 2 aromatic rings. The Bertz CT molecular complexity index is 804. The van der Waals surface area contributed by atoms with Crippen LogP contribution < -0.4 is 16.0 Å². The molecule has 0 aromatic heterocycles. The second-order valence-electron chi connectivity index (χ2n) is 6.00. The van der Waals surface area contributed by atoms with Crippen molar-refractivity contribution in [3.63, 3.8) is 0 Å². The van der Waals surface area contributed by atoms with Gasteiger partial charge in [0, 0.05) is 29.4 Å². The predicted octanol–water partition coefficient (Wildman–Crippen LogP) is 4.23. The lowest BCUT2D eigenvalue weighted by atomic mass is 10.1. The number of nitrogens with one attached hydrogen (secondary N) is 3. The number of aryl methyl sites for hydroxylation is 2. The number of anilines is 2. The van der Waals surface area contributed by atoms with Gasteiger partial charge in [-0.3, -0.25) is 4.99 Å². The molecule has 0 saturated carbocycles. The standard InChI is InChI=1S/C19H21ClN4O/c1-13-5-7-16(12-17(13)20)24-19(25)23-15-4-2-3-14(11-15)6-8-18-21-9-10-22-18/h2-5,7,11-12H,6,8-10H2,1H3,(H,21,22)(H2,23,24,25). The summed E-state index contributed by atoms with van der Waals surface area (Å²) in [7, 11) is 0. The third kappa shape index (κ3) is 4.97. The average Bonchev–Trinajstić information content (AvgIpc) is 3.10. The summed E-state index contributed by atoms with van der Waals surface area (Å²) in [5.41, 5.74) is 3.55. The zero-order valence-corrected chi connectivity index (χ0v) is 14.9. The number of amides is 2. The number of halogens is 1. The van der Waals surface area contributed by atoms with Gasteiger partial charge in [-0.25, -0.2) is 4.79 Å². The Labute approximate surface area is 152 Å². The van der Waals surface area contributed by atoms with E-state index in [0.717, 1.165) is 48.6 Å². The third-order valence-corrected chi connectivity index (χ3v) is 4.42. The summed E-state index contributed by atoms with van der Waals surface area (Å²) in [6, 6.07) is 13.0. The van der Waals surface area contributed by atoms with Crippen LogP contribution in [-0.4, -0.2) is 25.0 Å². The van der Waals surface area contributed by atoms with E-state index in [9.17, 15) is 4.79 Å². The van der Waals surface area contributed by atoms with Crippen molar-refractivity contribution >= 4 is 34.8 Å². The molecule has 0 bridgehead atoms. The first-order valence-electron chi connectivity index (χ1n) is 8.30. The van der Waals surface area contributed by atoms with Gasteiger partial charge < -0.3 is 16.0 Å². The first-order valence-corrected chi connectivity index (χ1v) is 8.68. The topological polar surface area (TPSA) is 65.5 Å². The van der Waals surface area contributed by atoms with E-state index >= 15 is 0 Å². The Balaban J connectivity index is 1.57. The maximum atomic E-state index is 12.2. The van der Waals surface area contributed by atoms with Crippen LogP contribution in [0, 0.1) is 6.92 Å². The largest absolute Gasteiger partial charge is 0.372 e. The maximum absolute atomic E-state index is 12.2. The van der Waals surface area contributed by atoms with Crippen LogP contribution >= 0.6 is 11.6 Å². The Morgan fingerprint density at radius 1 is 1.16 bits per heavy atom. The van der Waals surface area contributed by atoms with Crippen LogP contribution in [0.3, 0.4) is 0 Å². The van der Waals surface area contributed by atoms with Crippen molar-refractivity contribution in [3.05, 3.63) is 58.6 Å². The molecule has 3 N–H and O–H groups in total. The highest BCUT2D eigenvalue weighted by Gasteiger charge is 2.07. The molecule has 1 heterocycles. The molecule has 130 valence electrons. The van der Waals surface area contributed by atoms with Gasteiger partial charge >= 0.3 is 6.03 Å². The summed E-state index contributed by atoms with van der Waals surface area (Å²) in [5, 5.41) is 9.54. The van der Waals surface area contributed by atoms with Crippen LogP contribution in [-0.2, 0) is 6.42 Å². The molecule has 0 atom stereocenters. The number of amidine groups is 1. The Kier molecular flexibility index (Phi) is 5.56. The van der Waals surface area contributed by atoms with Crippen LogP contribution in [0.25, 0.3) is 0 Å². The van der Waals surface area contributed by atoms with E-state index in [4.69, 9.17) is 11.6 Å². The minimum absolute atomic E-state index is 0.293. The highest BCUT2D eigenvalue weighted by Crippen LogP contribution is 2.20. The van der Waals surface area contributed by atoms with Gasteiger partial charge in [-0.05, 0) is 48.7 Å². The van der Waals surface area contributed by atoms with E-state index < -0.39 is 0 Å². The van der Waals surface area contributed by atoms with Crippen molar-refractivity contribution < 1.29 is 4.79 Å². The minimum atomic E-state index is -0.293. The van der Waals surface area contributed by atoms with Crippen molar-refractivity contribution in [1.29, 1.82) is 0 Å². The molecule has 0 spiro atoms. The summed E-state index contributed by atoms with van der Waals surface area (Å²) in [6.07, 6.45) is 1.77. The summed E-state index contributed by atoms with van der Waals surface area (Å²) >= 11 is 6.08. The van der Waals surface area contributed by atoms with Crippen LogP contribution in [0.4, 0.5) is 16.2 Å². The highest BCUT2D eigenvalue weighted by atomic mass is 35.5. The molecule has 0 aliphatic carbocycles. The van der Waals surface area contributed by atoms with Crippen molar-refractivity contribution in [2.75, 3.05) is 23.7 Å². The molecular weight excluding hydrogens is 336 g/mol. The molecule has 2 amide bonds. The molecule has 5 nitrogen and oxygen atoms in total. The normalized spacial score (nSPS) is 13.1. The molecule has 0 radical (unpaired) electrons. The molecule has 0 unspecified atom stereocenters. The number of hydrogen-bond acceptors (Lipinski definition) is 3. The van der Waals surface area contributed by atoms with Gasteiger partial charge in [-0.15, -0.1) is 0 Å². The second-order valence-corrected chi connectivity index (χ2v) is 6.41. The van der Waals surface area contributed by atoms with Crippen LogP contribution in [0.1, 0.15) is 17.5 Å². The quantitative estimate of drug-likeness (QED) is 0.750. The number of hydrogen-bond donors (Lipinski definition) is 3. The molecule has 3 rings (SSSR count). The van der Waals surface area contributed by atoms with Gasteiger partial charge in [0.25, 0.3) is 0 Å². The SMILES string of the molecule is Cc1ccc(NC(=O)Nc2cccc(CCC3=NCCN3)c2)cc1Cl. The van der Waals surface area contributed by atoms with Crippen LogP contribution in [0.2, 0.25) is 5.02 Å². The fourth-order valence-electron chi connectivity index (χ4n) is 2.65. The van der Waals surface area contributed by atoms with Crippen LogP contribution in [0.15, 0.2) is 47.5 Å². The number of aliphatic imine (C=N–C) groups is 1. The molecule has 1 aliphatic rings. The highest BCUT2D eigenvalue weighted by molar-refractivity contribution is 6.31. The number of nitrogens with zero attached hydrogens (tertiary/aromatic N) is 1. The molecule has 2 aromatic carbocycles. The van der Waals surface area contributed by atoms with E-state index in [0.29, 0.717) is 10.7 Å². The van der Waals surface area contributed by atoms with Crippen molar-refractivity contribution in [2.24, 2.45) is 4.99 Å². The fourth-order valence-corrected chi connectivity index (χ4v) is 2.83. The number of rotatable bonds is 5. The van der Waals surface area contributed by atoms with E-state index in [1.54, 1.807) is 6.07 Å². The van der Waals surface area contributed by atoms with Crippen molar-refractivity contribution in [2.45, 2.75) is 19.8 Å². The monoisotopic (exact) mass is 356 g/mol. The van der Waals surface area contributed by atoms with Gasteiger partial charge in [0.2, 0.25) is 0 Å². The lowest BCUT2D eigenvalue weighted by Crippen LogP contribution is -2.20. The molecule has 0 saturated heterocycles. The minimum Gasteiger partial charge on any atom is -0.372 e. The van der Waals surface area contributed by atoms with E-state index in [1.165, 1.54) is 0 Å². The average molecular weight is 357 g/mol. The number of carbonyl (C=O) groups excluding carboxylic acids is 1. The van der Waals surface area contributed by atoms with Crippen molar-refractivity contribution in [3.8, 4) is 0 Å². The van der Waals surface area contributed by atoms with E-state index in [-0.39, 0.29) is 6.03 Å². The Hall–Kier alpha value is -2.53. The Morgan fingerprint density at radius 3 is 2.68 bits per heavy atom. The smallest absolute Gasteiger partial charge is 0.323 e. The van der Waals surface area contributed by atoms with Crippen molar-refractivity contribution in [1.82, 2.24) is 5.32 Å². The predicted molar refractivity (Wildman–Crippen MR) is 104 cm³/mol. The molecule has 1 aliphatic heterocycles. The fraction of sp³-hybridized carbons (Fsp3) is 0.263. The number of benzene rings is 2. The molecule has 25 heavy (non-hydrogen) atoms. The lowest BCUT2D eigenvalue weighted by Gasteiger charge is -2.10. The summed E-state index contributed by atoms with van der Waals surface area (Å²) in [5.74, 6) is 1.06. The Morgan fingerprint density at radius 2 is 1.96 bits per heavy atom. The van der Waals surface area contributed by atoms with E-state index in [2.05, 4.69) is 27.0 Å². The second kappa shape index (κ2) is 8.03. The van der Waals surface area contributed by atoms with Gasteiger partial charge in [-0.1, -0.05) is 29.8 Å². The lowest BCUT2D eigenvalue weighted by molar-refractivity contribution is 0.262. The van der Waals surface area contributed by atoms with Crippen LogP contribution in [0.5, 0.6) is 0 Å². The van der Waals surface area contributed by atoms with Gasteiger partial charge in [-0.2, -0.15) is 0 Å². The first kappa shape index (κ1) is 17.3. The zero-order valence-electron chi connectivity index (χ0n) is 14.1. The molecular formula is C19H21ClN4O. The summed E-state index contributed by atoms with van der Waals surface area (Å²) < 4.78 is 0. The van der Waals surface area contributed by atoms with Gasteiger partial charge in [0.15, 0.2) is 0 Å². The molecule has 0 fully saturated rings. The zero-order chi connectivity index (χ0) is 17.6. The summed E-state index contributed by atoms with van der Waals surface area (Å²) in [6.45, 7) is 3.71. The van der Waals surface area contributed by atoms with Gasteiger partial charge in [0.1, 0.15) is 0 Å².